The zero-order valence-electron chi connectivity index (χ0n) is 10.9. The monoisotopic (exact) mass is 282 g/mol. The summed E-state index contributed by atoms with van der Waals surface area (Å²) in [4.78, 5) is 4.36. The standard InChI is InChI=1S/C14H16F2N2O2/c15-8-11(19)14-7-12(17)18-13(14,5-6-20-14)9-3-1-2-4-10(9)16/h1-4,11,19H,5-8H2,(H2,17,18)/t11-,13-,14-/m1/s1. The Balaban J connectivity index is 2.20. The second-order valence-corrected chi connectivity index (χ2v) is 5.28. The number of aliphatic imine (C=N–C) groups is 1. The van der Waals surface area contributed by atoms with Gasteiger partial charge >= 0.3 is 0 Å². The molecule has 20 heavy (non-hydrogen) atoms. The zero-order chi connectivity index (χ0) is 14.4. The minimum atomic E-state index is -1.39. The molecule has 0 unspecified atom stereocenters. The summed E-state index contributed by atoms with van der Waals surface area (Å²) in [6.45, 7) is -0.707. The number of nitrogens with zero attached hydrogens (tertiary/aromatic N) is 1. The van der Waals surface area contributed by atoms with E-state index in [-0.39, 0.29) is 18.9 Å². The van der Waals surface area contributed by atoms with Gasteiger partial charge in [0.2, 0.25) is 0 Å². The van der Waals surface area contributed by atoms with Crippen molar-refractivity contribution in [1.29, 1.82) is 0 Å². The molecule has 108 valence electrons. The van der Waals surface area contributed by atoms with E-state index in [1.807, 2.05) is 0 Å². The molecule has 0 saturated carbocycles. The minimum absolute atomic E-state index is 0.104. The van der Waals surface area contributed by atoms with E-state index < -0.39 is 29.7 Å². The van der Waals surface area contributed by atoms with Crippen molar-refractivity contribution in [3.63, 3.8) is 0 Å². The van der Waals surface area contributed by atoms with Gasteiger partial charge in [-0.3, -0.25) is 4.99 Å². The van der Waals surface area contributed by atoms with Gasteiger partial charge in [-0.15, -0.1) is 0 Å². The highest BCUT2D eigenvalue weighted by atomic mass is 19.1. The maximum atomic E-state index is 14.2. The van der Waals surface area contributed by atoms with Gasteiger partial charge in [0, 0.05) is 18.4 Å². The Morgan fingerprint density at radius 3 is 2.90 bits per heavy atom. The maximum absolute atomic E-state index is 14.2. The molecule has 1 aromatic rings. The number of alkyl halides is 1. The van der Waals surface area contributed by atoms with E-state index in [4.69, 9.17) is 10.5 Å². The van der Waals surface area contributed by atoms with Gasteiger partial charge in [-0.25, -0.2) is 8.78 Å². The van der Waals surface area contributed by atoms with Crippen molar-refractivity contribution in [2.75, 3.05) is 13.3 Å². The van der Waals surface area contributed by atoms with Crippen molar-refractivity contribution in [1.82, 2.24) is 0 Å². The van der Waals surface area contributed by atoms with Gasteiger partial charge in [0.05, 0.1) is 12.4 Å². The molecular formula is C14H16F2N2O2. The summed E-state index contributed by atoms with van der Waals surface area (Å²) < 4.78 is 32.9. The fraction of sp³-hybridized carbons (Fsp3) is 0.500. The number of hydrogen-bond donors (Lipinski definition) is 2. The predicted molar refractivity (Wildman–Crippen MR) is 69.6 cm³/mol. The van der Waals surface area contributed by atoms with Gasteiger partial charge in [-0.05, 0) is 6.07 Å². The molecule has 2 aliphatic heterocycles. The fourth-order valence-corrected chi connectivity index (χ4v) is 3.45. The van der Waals surface area contributed by atoms with Crippen LogP contribution in [0, 0.1) is 5.82 Å². The molecule has 4 nitrogen and oxygen atoms in total. The lowest BCUT2D eigenvalue weighted by Gasteiger charge is -2.40. The number of aliphatic hydroxyl groups is 1. The van der Waals surface area contributed by atoms with Crippen LogP contribution in [0.4, 0.5) is 8.78 Å². The van der Waals surface area contributed by atoms with Crippen molar-refractivity contribution < 1.29 is 18.6 Å². The largest absolute Gasteiger partial charge is 0.387 e. The predicted octanol–water partition coefficient (Wildman–Crippen LogP) is 1.27. The second-order valence-electron chi connectivity index (χ2n) is 5.28. The number of benzene rings is 1. The first-order valence-corrected chi connectivity index (χ1v) is 6.53. The Morgan fingerprint density at radius 2 is 2.20 bits per heavy atom. The van der Waals surface area contributed by atoms with E-state index in [1.165, 1.54) is 6.07 Å². The lowest BCUT2D eigenvalue weighted by Crippen LogP contribution is -2.54. The summed E-state index contributed by atoms with van der Waals surface area (Å²) in [5.41, 5.74) is 3.63. The van der Waals surface area contributed by atoms with Gasteiger partial charge in [0.1, 0.15) is 29.7 Å². The summed E-state index contributed by atoms with van der Waals surface area (Å²) in [7, 11) is 0. The fourth-order valence-electron chi connectivity index (χ4n) is 3.45. The van der Waals surface area contributed by atoms with E-state index in [1.54, 1.807) is 18.2 Å². The summed E-state index contributed by atoms with van der Waals surface area (Å²) in [5.74, 6) is -0.202. The molecule has 1 fully saturated rings. The number of fused-ring (bicyclic) bond motifs is 1. The highest BCUT2D eigenvalue weighted by Crippen LogP contribution is 2.54. The van der Waals surface area contributed by atoms with Crippen LogP contribution in [0.2, 0.25) is 0 Å². The molecule has 0 amide bonds. The number of halogens is 2. The Kier molecular flexibility index (Phi) is 3.02. The summed E-state index contributed by atoms with van der Waals surface area (Å²) in [6, 6.07) is 6.16. The third kappa shape index (κ3) is 1.55. The molecular weight excluding hydrogens is 266 g/mol. The Hall–Kier alpha value is -1.53. The first-order chi connectivity index (χ1) is 9.56. The van der Waals surface area contributed by atoms with E-state index in [2.05, 4.69) is 4.99 Å². The summed E-state index contributed by atoms with van der Waals surface area (Å²) >= 11 is 0. The van der Waals surface area contributed by atoms with Crippen LogP contribution in [-0.2, 0) is 10.3 Å². The Bertz CT molecular complexity index is 566. The van der Waals surface area contributed by atoms with E-state index in [9.17, 15) is 13.9 Å². The SMILES string of the molecule is NC1=N[C@@]2(c3ccccc3F)CCO[C@@]2([C@H](O)CF)C1. The smallest absolute Gasteiger partial charge is 0.133 e. The number of amidine groups is 1. The normalized spacial score (nSPS) is 33.9. The molecule has 0 aliphatic carbocycles. The average Bonchev–Trinajstić information content (AvgIpc) is 2.91. The molecule has 3 N–H and O–H groups in total. The first-order valence-electron chi connectivity index (χ1n) is 6.53. The van der Waals surface area contributed by atoms with E-state index in [0.717, 1.165) is 0 Å². The van der Waals surface area contributed by atoms with Gasteiger partial charge < -0.3 is 15.6 Å². The second kappa shape index (κ2) is 4.49. The quantitative estimate of drug-likeness (QED) is 0.877. The van der Waals surface area contributed by atoms with Crippen LogP contribution in [0.3, 0.4) is 0 Å². The maximum Gasteiger partial charge on any atom is 0.133 e. The first kappa shape index (κ1) is 13.5. The van der Waals surface area contributed by atoms with Crippen molar-refractivity contribution in [2.24, 2.45) is 10.7 Å². The van der Waals surface area contributed by atoms with E-state index >= 15 is 0 Å². The van der Waals surface area contributed by atoms with Crippen LogP contribution < -0.4 is 5.73 Å². The molecule has 1 saturated heterocycles. The molecule has 0 aromatic heterocycles. The molecule has 3 atom stereocenters. The molecule has 0 bridgehead atoms. The zero-order valence-corrected chi connectivity index (χ0v) is 10.9. The number of ether oxygens (including phenoxy) is 1. The lowest BCUT2D eigenvalue weighted by molar-refractivity contribution is -0.116. The van der Waals surface area contributed by atoms with Gasteiger partial charge in [0.15, 0.2) is 0 Å². The van der Waals surface area contributed by atoms with Crippen molar-refractivity contribution in [3.05, 3.63) is 35.6 Å². The van der Waals surface area contributed by atoms with Crippen LogP contribution >= 0.6 is 0 Å². The van der Waals surface area contributed by atoms with Crippen molar-refractivity contribution in [2.45, 2.75) is 30.1 Å². The summed E-state index contributed by atoms with van der Waals surface area (Å²) in [5, 5.41) is 10.1. The topological polar surface area (TPSA) is 67.8 Å². The number of rotatable bonds is 3. The van der Waals surface area contributed by atoms with Crippen LogP contribution in [0.25, 0.3) is 0 Å². The van der Waals surface area contributed by atoms with Crippen LogP contribution in [0.5, 0.6) is 0 Å². The highest BCUT2D eigenvalue weighted by Gasteiger charge is 2.65. The summed E-state index contributed by atoms with van der Waals surface area (Å²) in [6.07, 6.45) is -0.924. The van der Waals surface area contributed by atoms with Gasteiger partial charge in [0.25, 0.3) is 0 Å². The minimum Gasteiger partial charge on any atom is -0.387 e. The third-order valence-corrected chi connectivity index (χ3v) is 4.31. The average molecular weight is 282 g/mol. The number of aliphatic hydroxyl groups excluding tert-OH is 1. The van der Waals surface area contributed by atoms with Crippen LogP contribution in [0.15, 0.2) is 29.3 Å². The van der Waals surface area contributed by atoms with Gasteiger partial charge in [-0.2, -0.15) is 0 Å². The molecule has 1 aromatic carbocycles. The number of nitrogens with two attached hydrogens (primary N) is 1. The molecule has 0 spiro atoms. The van der Waals surface area contributed by atoms with Crippen molar-refractivity contribution >= 4 is 5.84 Å². The third-order valence-electron chi connectivity index (χ3n) is 4.31. The number of hydrogen-bond acceptors (Lipinski definition) is 4. The molecule has 0 radical (unpaired) electrons. The Labute approximate surface area is 115 Å². The van der Waals surface area contributed by atoms with Crippen LogP contribution in [0.1, 0.15) is 18.4 Å². The van der Waals surface area contributed by atoms with Gasteiger partial charge in [-0.1, -0.05) is 18.2 Å². The molecule has 2 heterocycles. The van der Waals surface area contributed by atoms with Crippen LogP contribution in [-0.4, -0.2) is 35.9 Å². The van der Waals surface area contributed by atoms with E-state index in [0.29, 0.717) is 12.0 Å². The molecule has 6 heteroatoms. The van der Waals surface area contributed by atoms with Crippen molar-refractivity contribution in [3.8, 4) is 0 Å². The lowest BCUT2D eigenvalue weighted by atomic mass is 9.72. The molecule has 2 aliphatic rings. The Morgan fingerprint density at radius 1 is 1.45 bits per heavy atom. The molecule has 3 rings (SSSR count). The highest BCUT2D eigenvalue weighted by molar-refractivity contribution is 5.85.